The summed E-state index contributed by atoms with van der Waals surface area (Å²) in [7, 11) is 0. The molecule has 1 N–H and O–H groups in total. The van der Waals surface area contributed by atoms with Crippen LogP contribution in [0.4, 0.5) is 11.4 Å². The van der Waals surface area contributed by atoms with Gasteiger partial charge in [-0.25, -0.2) is 4.98 Å². The van der Waals surface area contributed by atoms with E-state index in [1.54, 1.807) is 12.1 Å². The van der Waals surface area contributed by atoms with Gasteiger partial charge in [0.15, 0.2) is 5.76 Å². The number of furan rings is 1. The Bertz CT molecular complexity index is 1100. The number of aromatic nitrogens is 2. The maximum Gasteiger partial charge on any atom is 0.291 e. The first-order chi connectivity index (χ1) is 13.3. The zero-order valence-electron chi connectivity index (χ0n) is 14.6. The van der Waals surface area contributed by atoms with Gasteiger partial charge in [-0.05, 0) is 42.5 Å². The molecule has 5 rings (SSSR count). The molecular formula is C21H18N4O2. The van der Waals surface area contributed by atoms with Crippen molar-refractivity contribution in [3.8, 4) is 0 Å². The monoisotopic (exact) mass is 358 g/mol. The number of carbonyl (C=O) groups excluding carboxylic acids is 1. The molecule has 0 atom stereocenters. The zero-order valence-corrected chi connectivity index (χ0v) is 14.6. The molecule has 2 aromatic carbocycles. The van der Waals surface area contributed by atoms with Crippen LogP contribution in [0.15, 0.2) is 71.3 Å². The van der Waals surface area contributed by atoms with Crippen LogP contribution >= 0.6 is 0 Å². The van der Waals surface area contributed by atoms with Gasteiger partial charge in [0.05, 0.1) is 23.8 Å². The van der Waals surface area contributed by atoms with Crippen LogP contribution in [-0.4, -0.2) is 22.0 Å². The Morgan fingerprint density at radius 2 is 1.93 bits per heavy atom. The molecule has 1 amide bonds. The number of hydrogen-bond acceptors (Lipinski definition) is 4. The zero-order chi connectivity index (χ0) is 18.2. The number of benzene rings is 2. The Morgan fingerprint density at radius 1 is 1.04 bits per heavy atom. The van der Waals surface area contributed by atoms with Crippen LogP contribution in [0.2, 0.25) is 0 Å². The third kappa shape index (κ3) is 2.85. The summed E-state index contributed by atoms with van der Waals surface area (Å²) in [5.41, 5.74) is 3.90. The summed E-state index contributed by atoms with van der Waals surface area (Å²) in [6, 6.07) is 19.6. The van der Waals surface area contributed by atoms with E-state index in [1.807, 2.05) is 24.3 Å². The van der Waals surface area contributed by atoms with Crippen LogP contribution in [0.5, 0.6) is 0 Å². The van der Waals surface area contributed by atoms with Crippen LogP contribution in [0.3, 0.4) is 0 Å². The molecule has 0 radical (unpaired) electrons. The summed E-state index contributed by atoms with van der Waals surface area (Å²) in [5.74, 6) is 1.06. The molecule has 4 aromatic rings. The molecule has 0 bridgehead atoms. The van der Waals surface area contributed by atoms with E-state index in [0.29, 0.717) is 5.69 Å². The molecule has 27 heavy (non-hydrogen) atoms. The molecule has 1 aliphatic rings. The second kappa shape index (κ2) is 6.32. The number of imidazole rings is 1. The number of carbonyl (C=O) groups is 1. The predicted octanol–water partition coefficient (Wildman–Crippen LogP) is 3.90. The minimum atomic E-state index is -0.265. The summed E-state index contributed by atoms with van der Waals surface area (Å²) in [5, 5.41) is 2.86. The smallest absolute Gasteiger partial charge is 0.291 e. The fraction of sp³-hybridized carbons (Fsp3) is 0.143. The molecular weight excluding hydrogens is 340 g/mol. The average molecular weight is 358 g/mol. The molecule has 1 aliphatic heterocycles. The van der Waals surface area contributed by atoms with Crippen molar-refractivity contribution in [2.45, 2.75) is 13.1 Å². The van der Waals surface area contributed by atoms with Gasteiger partial charge < -0.3 is 19.2 Å². The molecule has 6 nitrogen and oxygen atoms in total. The lowest BCUT2D eigenvalue weighted by atomic mass is 10.2. The van der Waals surface area contributed by atoms with Crippen LogP contribution in [0, 0.1) is 0 Å². The molecule has 6 heteroatoms. The number of amides is 1. The molecule has 0 saturated carbocycles. The van der Waals surface area contributed by atoms with Gasteiger partial charge in [-0.15, -0.1) is 0 Å². The lowest BCUT2D eigenvalue weighted by molar-refractivity contribution is 0.0996. The lowest BCUT2D eigenvalue weighted by Gasteiger charge is -2.29. The second-order valence-corrected chi connectivity index (χ2v) is 6.57. The van der Waals surface area contributed by atoms with E-state index in [-0.39, 0.29) is 11.7 Å². The number of para-hydroxylation sites is 1. The largest absolute Gasteiger partial charge is 0.459 e. The summed E-state index contributed by atoms with van der Waals surface area (Å²) < 4.78 is 7.39. The number of hydrogen-bond donors (Lipinski definition) is 1. The van der Waals surface area contributed by atoms with Crippen molar-refractivity contribution < 1.29 is 9.21 Å². The van der Waals surface area contributed by atoms with Gasteiger partial charge >= 0.3 is 0 Å². The van der Waals surface area contributed by atoms with Gasteiger partial charge in [0.25, 0.3) is 5.91 Å². The van der Waals surface area contributed by atoms with Crippen LogP contribution in [0.1, 0.15) is 16.4 Å². The molecule has 0 spiro atoms. The summed E-state index contributed by atoms with van der Waals surface area (Å²) in [6.45, 7) is 2.60. The molecule has 0 saturated heterocycles. The second-order valence-electron chi connectivity index (χ2n) is 6.57. The number of nitrogens with one attached hydrogen (secondary N) is 1. The highest BCUT2D eigenvalue weighted by Crippen LogP contribution is 2.26. The molecule has 134 valence electrons. The number of anilines is 2. The van der Waals surface area contributed by atoms with Crippen LogP contribution in [-0.2, 0) is 13.1 Å². The van der Waals surface area contributed by atoms with Crippen molar-refractivity contribution in [1.82, 2.24) is 9.55 Å². The first kappa shape index (κ1) is 15.7. The first-order valence-corrected chi connectivity index (χ1v) is 8.92. The quantitative estimate of drug-likeness (QED) is 0.603. The summed E-state index contributed by atoms with van der Waals surface area (Å²) in [6.07, 6.45) is 1.49. The fourth-order valence-electron chi connectivity index (χ4n) is 3.56. The normalized spacial score (nSPS) is 13.6. The fourth-order valence-corrected chi connectivity index (χ4v) is 3.56. The standard InChI is InChI=1S/C21H18N4O2/c26-21(19-7-4-12-27-19)22-15-8-9-18-17(13-15)23-20-14-24(10-11-25(18)20)16-5-2-1-3-6-16/h1-9,12-13H,10-11,14H2,(H,22,26). The van der Waals surface area contributed by atoms with Gasteiger partial charge in [-0.3, -0.25) is 4.79 Å². The third-order valence-corrected chi connectivity index (χ3v) is 4.88. The molecule has 0 fully saturated rings. The van der Waals surface area contributed by atoms with Gasteiger partial charge in [-0.2, -0.15) is 0 Å². The predicted molar refractivity (Wildman–Crippen MR) is 104 cm³/mol. The summed E-state index contributed by atoms with van der Waals surface area (Å²) in [4.78, 5) is 19.3. The van der Waals surface area contributed by atoms with Crippen molar-refractivity contribution in [2.24, 2.45) is 0 Å². The van der Waals surface area contributed by atoms with Gasteiger partial charge in [0.1, 0.15) is 5.82 Å². The highest BCUT2D eigenvalue weighted by atomic mass is 16.3. The Labute approximate surface area is 156 Å². The Kier molecular flexibility index (Phi) is 3.67. The first-order valence-electron chi connectivity index (χ1n) is 8.92. The van der Waals surface area contributed by atoms with Crippen molar-refractivity contribution >= 4 is 28.3 Å². The molecule has 3 heterocycles. The third-order valence-electron chi connectivity index (χ3n) is 4.88. The van der Waals surface area contributed by atoms with E-state index in [9.17, 15) is 4.79 Å². The van der Waals surface area contributed by atoms with E-state index < -0.39 is 0 Å². The lowest BCUT2D eigenvalue weighted by Crippen LogP contribution is -2.33. The van der Waals surface area contributed by atoms with Gasteiger partial charge in [0.2, 0.25) is 0 Å². The van der Waals surface area contributed by atoms with E-state index in [2.05, 4.69) is 39.0 Å². The van der Waals surface area contributed by atoms with E-state index >= 15 is 0 Å². The SMILES string of the molecule is O=C(Nc1ccc2c(c1)nc1n2CCN(c2ccccc2)C1)c1ccco1. The van der Waals surface area contributed by atoms with Gasteiger partial charge in [-0.1, -0.05) is 18.2 Å². The Balaban J connectivity index is 1.42. The van der Waals surface area contributed by atoms with E-state index in [1.165, 1.54) is 12.0 Å². The molecule has 0 aliphatic carbocycles. The number of nitrogens with zero attached hydrogens (tertiary/aromatic N) is 3. The topological polar surface area (TPSA) is 63.3 Å². The van der Waals surface area contributed by atoms with Crippen molar-refractivity contribution in [3.05, 3.63) is 78.5 Å². The minimum Gasteiger partial charge on any atom is -0.459 e. The maximum atomic E-state index is 12.2. The highest BCUT2D eigenvalue weighted by molar-refractivity contribution is 6.03. The highest BCUT2D eigenvalue weighted by Gasteiger charge is 2.20. The van der Waals surface area contributed by atoms with E-state index in [4.69, 9.17) is 9.40 Å². The van der Waals surface area contributed by atoms with Gasteiger partial charge in [0, 0.05) is 24.5 Å². The van der Waals surface area contributed by atoms with E-state index in [0.717, 1.165) is 36.5 Å². The average Bonchev–Trinajstić information content (AvgIpc) is 3.35. The Hall–Kier alpha value is -3.54. The van der Waals surface area contributed by atoms with Crippen molar-refractivity contribution in [3.63, 3.8) is 0 Å². The minimum absolute atomic E-state index is 0.265. The summed E-state index contributed by atoms with van der Waals surface area (Å²) >= 11 is 0. The maximum absolute atomic E-state index is 12.2. The van der Waals surface area contributed by atoms with Crippen molar-refractivity contribution in [1.29, 1.82) is 0 Å². The Morgan fingerprint density at radius 3 is 2.74 bits per heavy atom. The number of rotatable bonds is 3. The van der Waals surface area contributed by atoms with Crippen LogP contribution in [0.25, 0.3) is 11.0 Å². The number of fused-ring (bicyclic) bond motifs is 3. The molecule has 0 unspecified atom stereocenters. The van der Waals surface area contributed by atoms with Crippen molar-refractivity contribution in [2.75, 3.05) is 16.8 Å². The van der Waals surface area contributed by atoms with Crippen LogP contribution < -0.4 is 10.2 Å². The molecule has 2 aromatic heterocycles.